The number of carbonyl (C=O) groups excluding carboxylic acids is 5. The van der Waals surface area contributed by atoms with Crippen molar-refractivity contribution in [3.05, 3.63) is 117 Å². The third-order valence-corrected chi connectivity index (χ3v) is 15.4. The second-order valence-electron chi connectivity index (χ2n) is 20.4. The SMILES string of the molecule is COC(=O)c1ccc2c(C3CCCCC3)c3n(c2c1)CC(C(=O)NCCNC(C)=O)=Cc1cc(OC)ccc1-3.COc1ccc2c(c1)C=C(C(=O)NCCNC(C)=O)Cn1c-2c(C2CCCCC2)c2ccc(C(=O)O)cc21. The fraction of sp³-hybridized carbons (Fsp3) is 0.377. The van der Waals surface area contributed by atoms with E-state index in [4.69, 9.17) is 14.2 Å². The van der Waals surface area contributed by atoms with Gasteiger partial charge >= 0.3 is 11.9 Å². The fourth-order valence-corrected chi connectivity index (χ4v) is 11.8. The van der Waals surface area contributed by atoms with Gasteiger partial charge in [0.05, 0.1) is 56.9 Å². The number of esters is 1. The van der Waals surface area contributed by atoms with Gasteiger partial charge in [0, 0.05) is 84.1 Å². The second kappa shape index (κ2) is 23.8. The van der Waals surface area contributed by atoms with Gasteiger partial charge in [-0.2, -0.15) is 0 Å². The summed E-state index contributed by atoms with van der Waals surface area (Å²) in [6.45, 7) is 4.83. The van der Waals surface area contributed by atoms with E-state index in [9.17, 15) is 33.9 Å². The van der Waals surface area contributed by atoms with Crippen LogP contribution in [0.25, 0.3) is 56.5 Å². The molecule has 0 atom stereocenters. The molecule has 16 heteroatoms. The Morgan fingerprint density at radius 1 is 0.532 bits per heavy atom. The first kappa shape index (κ1) is 53.7. The average Bonchev–Trinajstić information content (AvgIpc) is 3.97. The predicted octanol–water partition coefficient (Wildman–Crippen LogP) is 9.51. The molecule has 0 bridgehead atoms. The van der Waals surface area contributed by atoms with E-state index in [-0.39, 0.29) is 29.2 Å². The summed E-state index contributed by atoms with van der Waals surface area (Å²) in [6.07, 6.45) is 15.4. The highest BCUT2D eigenvalue weighted by Crippen LogP contribution is 2.49. The number of benzene rings is 4. The highest BCUT2D eigenvalue weighted by molar-refractivity contribution is 6.05. The van der Waals surface area contributed by atoms with Crippen molar-refractivity contribution in [1.29, 1.82) is 0 Å². The lowest BCUT2D eigenvalue weighted by Crippen LogP contribution is -2.34. The number of carboxylic acids is 1. The van der Waals surface area contributed by atoms with Gasteiger partial charge < -0.3 is 49.7 Å². The number of ether oxygens (including phenoxy) is 3. The highest BCUT2D eigenvalue weighted by Gasteiger charge is 2.33. The van der Waals surface area contributed by atoms with Gasteiger partial charge in [-0.25, -0.2) is 9.59 Å². The summed E-state index contributed by atoms with van der Waals surface area (Å²) in [6, 6.07) is 23.0. The lowest BCUT2D eigenvalue weighted by Gasteiger charge is -2.24. The summed E-state index contributed by atoms with van der Waals surface area (Å²) in [5.41, 5.74) is 12.1. The molecule has 2 aliphatic carbocycles. The van der Waals surface area contributed by atoms with Crippen molar-refractivity contribution in [2.45, 2.75) is 103 Å². The van der Waals surface area contributed by atoms with Gasteiger partial charge in [-0.3, -0.25) is 19.2 Å². The smallest absolute Gasteiger partial charge is 0.337 e. The van der Waals surface area contributed by atoms with E-state index in [2.05, 4.69) is 36.5 Å². The van der Waals surface area contributed by atoms with Crippen molar-refractivity contribution >= 4 is 69.5 Å². The molecule has 0 radical (unpaired) electrons. The summed E-state index contributed by atoms with van der Waals surface area (Å²) < 4.78 is 20.4. The van der Waals surface area contributed by atoms with Gasteiger partial charge in [0.2, 0.25) is 23.6 Å². The molecule has 0 unspecified atom stereocenters. The van der Waals surface area contributed by atoms with Crippen LogP contribution in [-0.2, 0) is 37.0 Å². The zero-order valence-electron chi connectivity index (χ0n) is 44.6. The molecule has 2 aliphatic heterocycles. The van der Waals surface area contributed by atoms with E-state index >= 15 is 0 Å². The number of amides is 4. The maximum Gasteiger partial charge on any atom is 0.337 e. The van der Waals surface area contributed by atoms with Gasteiger partial charge in [-0.05, 0) is 133 Å². The lowest BCUT2D eigenvalue weighted by atomic mass is 9.81. The number of aromatic nitrogens is 2. The molecule has 77 heavy (non-hydrogen) atoms. The summed E-state index contributed by atoms with van der Waals surface area (Å²) in [7, 11) is 4.64. The van der Waals surface area contributed by atoms with Gasteiger partial charge in [0.15, 0.2) is 0 Å². The number of methoxy groups -OCH3 is 3. The molecule has 4 aliphatic rings. The van der Waals surface area contributed by atoms with Crippen LogP contribution < -0.4 is 30.7 Å². The summed E-state index contributed by atoms with van der Waals surface area (Å²) in [5.74, 6) is 0.0736. The molecule has 2 aromatic heterocycles. The second-order valence-corrected chi connectivity index (χ2v) is 20.4. The number of rotatable bonds is 14. The highest BCUT2D eigenvalue weighted by atomic mass is 16.5. The van der Waals surface area contributed by atoms with Crippen molar-refractivity contribution in [2.75, 3.05) is 47.5 Å². The Labute approximate surface area is 448 Å². The van der Waals surface area contributed by atoms with E-state index in [1.54, 1.807) is 26.4 Å². The molecule has 5 N–H and O–H groups in total. The molecule has 10 rings (SSSR count). The Balaban J connectivity index is 0.000000188. The molecule has 0 saturated heterocycles. The Bertz CT molecular complexity index is 3350. The molecule has 4 heterocycles. The van der Waals surface area contributed by atoms with Crippen LogP contribution in [0.3, 0.4) is 0 Å². The monoisotopic (exact) mass is 1040 g/mol. The van der Waals surface area contributed by atoms with Gasteiger partial charge in [-0.1, -0.05) is 50.7 Å². The van der Waals surface area contributed by atoms with Crippen LogP contribution >= 0.6 is 0 Å². The van der Waals surface area contributed by atoms with E-state index in [0.717, 1.165) is 81.1 Å². The Morgan fingerprint density at radius 3 is 1.35 bits per heavy atom. The van der Waals surface area contributed by atoms with Crippen molar-refractivity contribution in [1.82, 2.24) is 30.4 Å². The molecular formula is C61H68N6O10. The topological polar surface area (TPSA) is 208 Å². The Hall–Kier alpha value is -8.14. The van der Waals surface area contributed by atoms with E-state index in [1.165, 1.54) is 70.6 Å². The molecule has 4 amide bonds. The van der Waals surface area contributed by atoms with Crippen LogP contribution in [0, 0.1) is 0 Å². The van der Waals surface area contributed by atoms with Crippen LogP contribution in [0.1, 0.15) is 133 Å². The number of nitrogens with zero attached hydrogens (tertiary/aromatic N) is 2. The number of carbonyl (C=O) groups is 6. The summed E-state index contributed by atoms with van der Waals surface area (Å²) >= 11 is 0. The van der Waals surface area contributed by atoms with Gasteiger partial charge in [0.25, 0.3) is 0 Å². The predicted molar refractivity (Wildman–Crippen MR) is 297 cm³/mol. The van der Waals surface area contributed by atoms with E-state index in [0.29, 0.717) is 79.3 Å². The minimum atomic E-state index is -0.980. The first-order valence-corrected chi connectivity index (χ1v) is 26.8. The lowest BCUT2D eigenvalue weighted by molar-refractivity contribution is -0.120. The zero-order chi connectivity index (χ0) is 54.3. The van der Waals surface area contributed by atoms with Crippen LogP contribution in [0.2, 0.25) is 0 Å². The quantitative estimate of drug-likeness (QED) is 0.0516. The summed E-state index contributed by atoms with van der Waals surface area (Å²) in [4.78, 5) is 73.6. The summed E-state index contributed by atoms with van der Waals surface area (Å²) in [5, 5.41) is 23.2. The fourth-order valence-electron chi connectivity index (χ4n) is 11.8. The third kappa shape index (κ3) is 11.5. The zero-order valence-corrected chi connectivity index (χ0v) is 44.6. The standard InChI is InChI=1S/C31H35N3O5.C30H33N3O5/c1-19(35)32-13-14-33-30(36)23-15-22-16-24(38-2)10-12-25(22)29-28(20-7-5-4-6-8-20)26-11-9-21(31(37)39-3)17-27(26)34(29)18-23;1-18(34)31-12-13-32-29(35)22-14-21-15-23(38-2)9-11-24(21)28-27(19-6-4-3-5-7-19)25-10-8-20(30(36)37)16-26(25)33(28)17-22/h9-12,15-17,20H,4-8,13-14,18H2,1-3H3,(H,32,35)(H,33,36);8-11,14-16,19H,3-7,12-13,17H2,1-2H3,(H,31,34)(H,32,35)(H,36,37). The maximum atomic E-state index is 13.4. The number of fused-ring (bicyclic) bond motifs is 10. The van der Waals surface area contributed by atoms with E-state index < -0.39 is 11.9 Å². The number of aromatic carboxylic acids is 1. The van der Waals surface area contributed by atoms with Crippen molar-refractivity contribution in [3.63, 3.8) is 0 Å². The van der Waals surface area contributed by atoms with Crippen molar-refractivity contribution < 1.29 is 48.1 Å². The molecule has 2 saturated carbocycles. The molecule has 16 nitrogen and oxygen atoms in total. The molecule has 6 aromatic rings. The number of hydrogen-bond acceptors (Lipinski definition) is 9. The Morgan fingerprint density at radius 2 is 0.948 bits per heavy atom. The average molecular weight is 1050 g/mol. The minimum absolute atomic E-state index is 0.140. The number of hydrogen-bond donors (Lipinski definition) is 5. The normalized spacial score (nSPS) is 15.1. The first-order valence-electron chi connectivity index (χ1n) is 26.8. The maximum absolute atomic E-state index is 13.4. The molecule has 0 spiro atoms. The Kier molecular flexibility index (Phi) is 16.6. The minimum Gasteiger partial charge on any atom is -0.497 e. The number of carboxylic acid groups (broad SMARTS) is 1. The number of nitrogens with one attached hydrogen (secondary N) is 4. The molecular weight excluding hydrogens is 977 g/mol. The molecule has 4 aromatic carbocycles. The van der Waals surface area contributed by atoms with Gasteiger partial charge in [0.1, 0.15) is 11.5 Å². The van der Waals surface area contributed by atoms with Crippen LogP contribution in [0.5, 0.6) is 11.5 Å². The van der Waals surface area contributed by atoms with E-state index in [1.807, 2.05) is 66.7 Å². The molecule has 402 valence electrons. The van der Waals surface area contributed by atoms with Crippen molar-refractivity contribution in [2.24, 2.45) is 0 Å². The van der Waals surface area contributed by atoms with Crippen molar-refractivity contribution in [3.8, 4) is 34.0 Å². The third-order valence-electron chi connectivity index (χ3n) is 15.4. The van der Waals surface area contributed by atoms with Crippen LogP contribution in [0.4, 0.5) is 0 Å². The molecule has 2 fully saturated rings. The van der Waals surface area contributed by atoms with Gasteiger partial charge in [-0.15, -0.1) is 0 Å². The first-order chi connectivity index (χ1) is 37.3. The van der Waals surface area contributed by atoms with Crippen LogP contribution in [0.15, 0.2) is 83.9 Å². The van der Waals surface area contributed by atoms with Crippen LogP contribution in [-0.4, -0.2) is 97.3 Å². The largest absolute Gasteiger partial charge is 0.497 e.